The molecule has 112 valence electrons. The summed E-state index contributed by atoms with van der Waals surface area (Å²) < 4.78 is 7.15. The molecule has 1 aromatic carbocycles. The highest BCUT2D eigenvalue weighted by atomic mass is 32.2. The Balaban J connectivity index is 1.58. The second-order valence-electron chi connectivity index (χ2n) is 4.62. The molecule has 0 saturated heterocycles. The van der Waals surface area contributed by atoms with E-state index in [0.29, 0.717) is 16.5 Å². The Morgan fingerprint density at radius 1 is 1.27 bits per heavy atom. The number of nitrogens with zero attached hydrogens (tertiary/aromatic N) is 2. The first kappa shape index (κ1) is 14.4. The number of aromatic nitrogens is 2. The fourth-order valence-corrected chi connectivity index (χ4v) is 2.60. The van der Waals surface area contributed by atoms with Crippen molar-refractivity contribution in [3.05, 3.63) is 48.3 Å². The Morgan fingerprint density at radius 3 is 2.82 bits per heavy atom. The van der Waals surface area contributed by atoms with Crippen LogP contribution in [0.1, 0.15) is 10.5 Å². The first-order chi connectivity index (χ1) is 10.6. The molecule has 2 heterocycles. The third-order valence-corrected chi connectivity index (χ3v) is 3.86. The molecule has 0 aliphatic carbocycles. The van der Waals surface area contributed by atoms with Crippen LogP contribution in [0, 0.1) is 0 Å². The van der Waals surface area contributed by atoms with Crippen molar-refractivity contribution in [3.8, 4) is 0 Å². The van der Waals surface area contributed by atoms with Gasteiger partial charge >= 0.3 is 0 Å². The van der Waals surface area contributed by atoms with Crippen molar-refractivity contribution in [2.75, 3.05) is 5.75 Å². The molecule has 0 aliphatic rings. The van der Waals surface area contributed by atoms with Crippen LogP contribution in [0.5, 0.6) is 0 Å². The monoisotopic (exact) mass is 315 g/mol. The first-order valence-electron chi connectivity index (χ1n) is 6.57. The molecule has 6 nitrogen and oxygen atoms in total. The van der Waals surface area contributed by atoms with Gasteiger partial charge in [-0.15, -0.1) is 0 Å². The summed E-state index contributed by atoms with van der Waals surface area (Å²) in [5.74, 6) is -0.752. The van der Waals surface area contributed by atoms with E-state index in [9.17, 15) is 9.59 Å². The summed E-state index contributed by atoms with van der Waals surface area (Å²) in [6.07, 6.45) is 1.74. The molecule has 7 heteroatoms. The van der Waals surface area contributed by atoms with Gasteiger partial charge in [0.2, 0.25) is 5.91 Å². The number of benzene rings is 1. The molecule has 2 amide bonds. The van der Waals surface area contributed by atoms with Crippen molar-refractivity contribution in [1.82, 2.24) is 14.9 Å². The lowest BCUT2D eigenvalue weighted by Crippen LogP contribution is -2.32. The topological polar surface area (TPSA) is 77.1 Å². The number of para-hydroxylation sites is 2. The number of imide groups is 1. The number of oxazole rings is 1. The van der Waals surface area contributed by atoms with Gasteiger partial charge in [0.1, 0.15) is 11.2 Å². The van der Waals surface area contributed by atoms with E-state index in [1.807, 2.05) is 24.3 Å². The second-order valence-corrected chi connectivity index (χ2v) is 5.54. The quantitative estimate of drug-likeness (QED) is 0.747. The van der Waals surface area contributed by atoms with Gasteiger partial charge in [-0.05, 0) is 24.3 Å². The van der Waals surface area contributed by atoms with Crippen molar-refractivity contribution < 1.29 is 14.0 Å². The number of rotatable bonds is 4. The van der Waals surface area contributed by atoms with E-state index in [1.165, 1.54) is 0 Å². The Labute approximate surface area is 130 Å². The molecule has 0 atom stereocenters. The average molecular weight is 315 g/mol. The molecule has 0 aliphatic heterocycles. The highest BCUT2D eigenvalue weighted by molar-refractivity contribution is 7.99. The summed E-state index contributed by atoms with van der Waals surface area (Å²) in [7, 11) is 1.74. The molecule has 0 radical (unpaired) electrons. The van der Waals surface area contributed by atoms with Gasteiger partial charge in [-0.25, -0.2) is 4.98 Å². The van der Waals surface area contributed by atoms with E-state index in [-0.39, 0.29) is 5.75 Å². The summed E-state index contributed by atoms with van der Waals surface area (Å²) >= 11 is 1.15. The third-order valence-electron chi connectivity index (χ3n) is 3.03. The Morgan fingerprint density at radius 2 is 2.09 bits per heavy atom. The van der Waals surface area contributed by atoms with Crippen LogP contribution >= 0.6 is 11.8 Å². The molecule has 3 rings (SSSR count). The van der Waals surface area contributed by atoms with Gasteiger partial charge in [0, 0.05) is 13.2 Å². The van der Waals surface area contributed by atoms with Crippen LogP contribution in [0.4, 0.5) is 0 Å². The molecular formula is C15H13N3O3S. The van der Waals surface area contributed by atoms with Crippen molar-refractivity contribution in [2.24, 2.45) is 7.05 Å². The number of carbonyl (C=O) groups is 2. The number of aryl methyl sites for hydroxylation is 1. The van der Waals surface area contributed by atoms with Gasteiger partial charge < -0.3 is 8.98 Å². The summed E-state index contributed by atoms with van der Waals surface area (Å²) in [5, 5.41) is 2.74. The maximum atomic E-state index is 11.9. The van der Waals surface area contributed by atoms with Crippen LogP contribution in [0.25, 0.3) is 11.1 Å². The van der Waals surface area contributed by atoms with Crippen LogP contribution in [-0.4, -0.2) is 27.1 Å². The lowest BCUT2D eigenvalue weighted by atomic mass is 10.3. The van der Waals surface area contributed by atoms with E-state index in [1.54, 1.807) is 29.9 Å². The zero-order chi connectivity index (χ0) is 15.5. The minimum absolute atomic E-state index is 0.0585. The molecule has 2 aromatic heterocycles. The normalized spacial score (nSPS) is 10.8. The number of amides is 2. The maximum Gasteiger partial charge on any atom is 0.274 e. The molecule has 0 bridgehead atoms. The van der Waals surface area contributed by atoms with Gasteiger partial charge in [-0.3, -0.25) is 14.9 Å². The van der Waals surface area contributed by atoms with Crippen molar-refractivity contribution >= 4 is 34.7 Å². The molecule has 0 fully saturated rings. The lowest BCUT2D eigenvalue weighted by molar-refractivity contribution is -0.117. The molecular weight excluding hydrogens is 302 g/mol. The Hall–Kier alpha value is -2.54. The fourth-order valence-electron chi connectivity index (χ4n) is 1.96. The number of hydrogen-bond donors (Lipinski definition) is 1. The van der Waals surface area contributed by atoms with Crippen LogP contribution in [0.3, 0.4) is 0 Å². The van der Waals surface area contributed by atoms with E-state index in [0.717, 1.165) is 17.3 Å². The predicted octanol–water partition coefficient (Wildman–Crippen LogP) is 2.21. The van der Waals surface area contributed by atoms with E-state index >= 15 is 0 Å². The zero-order valence-corrected chi connectivity index (χ0v) is 12.6. The van der Waals surface area contributed by atoms with Crippen LogP contribution in [0.2, 0.25) is 0 Å². The van der Waals surface area contributed by atoms with E-state index < -0.39 is 11.8 Å². The van der Waals surface area contributed by atoms with Crippen molar-refractivity contribution in [3.63, 3.8) is 0 Å². The summed E-state index contributed by atoms with van der Waals surface area (Å²) in [5.41, 5.74) is 1.84. The third kappa shape index (κ3) is 3.04. The summed E-state index contributed by atoms with van der Waals surface area (Å²) in [6.45, 7) is 0. The van der Waals surface area contributed by atoms with E-state index in [4.69, 9.17) is 4.42 Å². The first-order valence-corrected chi connectivity index (χ1v) is 7.56. The number of fused-ring (bicyclic) bond motifs is 1. The van der Waals surface area contributed by atoms with Crippen LogP contribution < -0.4 is 5.32 Å². The minimum Gasteiger partial charge on any atom is -0.431 e. The largest absolute Gasteiger partial charge is 0.431 e. The predicted molar refractivity (Wildman–Crippen MR) is 82.6 cm³/mol. The molecule has 1 N–H and O–H groups in total. The highest BCUT2D eigenvalue weighted by Crippen LogP contribution is 2.22. The number of nitrogens with one attached hydrogen (secondary N) is 1. The maximum absolute atomic E-state index is 11.9. The standard InChI is InChI=1S/C15H13N3O3S/c1-18-8-4-6-11(18)14(20)17-13(19)9-22-15-16-10-5-2-3-7-12(10)21-15/h2-8H,9H2,1H3,(H,17,19,20). The molecule has 0 unspecified atom stereocenters. The Bertz CT molecular complexity index is 804. The summed E-state index contributed by atoms with van der Waals surface area (Å²) in [6, 6.07) is 10.8. The van der Waals surface area contributed by atoms with Crippen molar-refractivity contribution in [2.45, 2.75) is 5.22 Å². The molecule has 0 saturated carbocycles. The van der Waals surface area contributed by atoms with Gasteiger partial charge in [0.05, 0.1) is 5.75 Å². The van der Waals surface area contributed by atoms with E-state index in [2.05, 4.69) is 10.3 Å². The number of carbonyl (C=O) groups excluding carboxylic acids is 2. The van der Waals surface area contributed by atoms with Crippen molar-refractivity contribution in [1.29, 1.82) is 0 Å². The van der Waals surface area contributed by atoms with Crippen LogP contribution in [0.15, 0.2) is 52.2 Å². The molecule has 22 heavy (non-hydrogen) atoms. The van der Waals surface area contributed by atoms with Crippen LogP contribution in [-0.2, 0) is 11.8 Å². The Kier molecular flexibility index (Phi) is 3.97. The SMILES string of the molecule is Cn1cccc1C(=O)NC(=O)CSc1nc2ccccc2o1. The van der Waals surface area contributed by atoms with Gasteiger partial charge in [-0.1, -0.05) is 23.9 Å². The minimum atomic E-state index is -0.421. The number of thioether (sulfide) groups is 1. The van der Waals surface area contributed by atoms with Gasteiger partial charge in [0.15, 0.2) is 5.58 Å². The highest BCUT2D eigenvalue weighted by Gasteiger charge is 2.14. The second kappa shape index (κ2) is 6.07. The molecule has 3 aromatic rings. The smallest absolute Gasteiger partial charge is 0.274 e. The number of hydrogen-bond acceptors (Lipinski definition) is 5. The average Bonchev–Trinajstić information content (AvgIpc) is 3.10. The lowest BCUT2D eigenvalue weighted by Gasteiger charge is -2.03. The van der Waals surface area contributed by atoms with Gasteiger partial charge in [-0.2, -0.15) is 0 Å². The van der Waals surface area contributed by atoms with Gasteiger partial charge in [0.25, 0.3) is 11.1 Å². The summed E-state index contributed by atoms with van der Waals surface area (Å²) in [4.78, 5) is 28.0. The fraction of sp³-hybridized carbons (Fsp3) is 0.133. The zero-order valence-electron chi connectivity index (χ0n) is 11.8. The molecule has 0 spiro atoms.